The van der Waals surface area contributed by atoms with E-state index in [4.69, 9.17) is 9.47 Å². The highest BCUT2D eigenvalue weighted by molar-refractivity contribution is 5.22. The molecule has 2 atom stereocenters. The lowest BCUT2D eigenvalue weighted by molar-refractivity contribution is 0.0430. The normalized spacial score (nSPS) is 25.1. The Morgan fingerprint density at radius 1 is 1.14 bits per heavy atom. The van der Waals surface area contributed by atoms with Crippen LogP contribution in [-0.2, 0) is 4.74 Å². The molecule has 0 heterocycles. The van der Waals surface area contributed by atoms with E-state index in [0.717, 1.165) is 12.2 Å². The molecule has 2 unspecified atom stereocenters. The van der Waals surface area contributed by atoms with Crippen molar-refractivity contribution in [2.24, 2.45) is 0 Å². The van der Waals surface area contributed by atoms with Crippen molar-refractivity contribution in [3.8, 4) is 5.75 Å². The summed E-state index contributed by atoms with van der Waals surface area (Å²) < 4.78 is 11.3. The van der Waals surface area contributed by atoms with Crippen LogP contribution in [0.5, 0.6) is 5.75 Å². The third-order valence-corrected chi connectivity index (χ3v) is 2.15. The van der Waals surface area contributed by atoms with E-state index < -0.39 is 0 Å². The molecule has 0 N–H and O–H groups in total. The summed E-state index contributed by atoms with van der Waals surface area (Å²) in [5.74, 6) is 0.937. The van der Waals surface area contributed by atoms with Gasteiger partial charge in [-0.2, -0.15) is 0 Å². The second-order valence-corrected chi connectivity index (χ2v) is 3.93. The van der Waals surface area contributed by atoms with Gasteiger partial charge in [-0.1, -0.05) is 18.2 Å². The molecule has 0 saturated heterocycles. The van der Waals surface area contributed by atoms with Crippen LogP contribution in [0.25, 0.3) is 0 Å². The molecule has 2 rings (SSSR count). The van der Waals surface area contributed by atoms with Crippen molar-refractivity contribution in [3.63, 3.8) is 0 Å². The Labute approximate surface area is 84.8 Å². The third-order valence-electron chi connectivity index (χ3n) is 2.15. The zero-order chi connectivity index (χ0) is 9.97. The van der Waals surface area contributed by atoms with Crippen molar-refractivity contribution < 1.29 is 9.47 Å². The fraction of sp³-hybridized carbons (Fsp3) is 0.500. The molecule has 1 aromatic rings. The Balaban J connectivity index is 1.79. The molecule has 1 aromatic carbocycles. The minimum absolute atomic E-state index is 0.264. The first-order chi connectivity index (χ1) is 6.75. The highest BCUT2D eigenvalue weighted by Crippen LogP contribution is 2.31. The molecular formula is C12H16O2. The van der Waals surface area contributed by atoms with Gasteiger partial charge < -0.3 is 9.47 Å². The Hall–Kier alpha value is -1.02. The maximum absolute atomic E-state index is 5.71. The van der Waals surface area contributed by atoms with Crippen molar-refractivity contribution in [3.05, 3.63) is 30.3 Å². The molecule has 0 radical (unpaired) electrons. The van der Waals surface area contributed by atoms with Crippen LogP contribution in [0.15, 0.2) is 30.3 Å². The zero-order valence-corrected chi connectivity index (χ0v) is 8.64. The van der Waals surface area contributed by atoms with E-state index in [2.05, 4.69) is 13.8 Å². The van der Waals surface area contributed by atoms with E-state index in [1.54, 1.807) is 0 Å². The molecule has 14 heavy (non-hydrogen) atoms. The highest BCUT2D eigenvalue weighted by atomic mass is 16.6. The number of benzene rings is 1. The maximum atomic E-state index is 5.71. The lowest BCUT2D eigenvalue weighted by Gasteiger charge is -2.08. The first-order valence-corrected chi connectivity index (χ1v) is 5.13. The monoisotopic (exact) mass is 192 g/mol. The van der Waals surface area contributed by atoms with Crippen molar-refractivity contribution in [2.45, 2.75) is 38.6 Å². The molecule has 0 amide bonds. The number of para-hydroxylation sites is 1. The Morgan fingerprint density at radius 3 is 2.50 bits per heavy atom. The van der Waals surface area contributed by atoms with E-state index in [0.29, 0.717) is 12.2 Å². The molecular weight excluding hydrogens is 176 g/mol. The zero-order valence-electron chi connectivity index (χ0n) is 8.64. The molecule has 1 saturated carbocycles. The SMILES string of the molecule is CC(C)OC1CC1Oc1ccccc1. The van der Waals surface area contributed by atoms with Crippen LogP contribution in [0.4, 0.5) is 0 Å². The van der Waals surface area contributed by atoms with Gasteiger partial charge in [-0.3, -0.25) is 0 Å². The summed E-state index contributed by atoms with van der Waals surface area (Å²) in [5.41, 5.74) is 0. The van der Waals surface area contributed by atoms with Crippen LogP contribution in [0, 0.1) is 0 Å². The predicted molar refractivity (Wildman–Crippen MR) is 55.5 cm³/mol. The number of ether oxygens (including phenoxy) is 2. The predicted octanol–water partition coefficient (Wildman–Crippen LogP) is 2.63. The molecule has 2 nitrogen and oxygen atoms in total. The lowest BCUT2D eigenvalue weighted by atomic mass is 10.3. The van der Waals surface area contributed by atoms with E-state index in [1.807, 2.05) is 30.3 Å². The van der Waals surface area contributed by atoms with Crippen LogP contribution in [-0.4, -0.2) is 18.3 Å². The fourth-order valence-electron chi connectivity index (χ4n) is 1.44. The van der Waals surface area contributed by atoms with Crippen molar-refractivity contribution >= 4 is 0 Å². The highest BCUT2D eigenvalue weighted by Gasteiger charge is 2.41. The molecule has 1 aliphatic rings. The van der Waals surface area contributed by atoms with E-state index in [9.17, 15) is 0 Å². The topological polar surface area (TPSA) is 18.5 Å². The van der Waals surface area contributed by atoms with E-state index in [-0.39, 0.29) is 6.10 Å². The molecule has 2 heteroatoms. The van der Waals surface area contributed by atoms with Gasteiger partial charge in [-0.05, 0) is 26.0 Å². The third kappa shape index (κ3) is 2.48. The molecule has 0 bridgehead atoms. The van der Waals surface area contributed by atoms with Crippen LogP contribution >= 0.6 is 0 Å². The van der Waals surface area contributed by atoms with E-state index in [1.165, 1.54) is 0 Å². The summed E-state index contributed by atoms with van der Waals surface area (Å²) in [6.07, 6.45) is 1.88. The van der Waals surface area contributed by atoms with Crippen LogP contribution < -0.4 is 4.74 Å². The van der Waals surface area contributed by atoms with Gasteiger partial charge in [-0.25, -0.2) is 0 Å². The van der Waals surface area contributed by atoms with Gasteiger partial charge in [0.15, 0.2) is 0 Å². The van der Waals surface area contributed by atoms with Gasteiger partial charge in [-0.15, -0.1) is 0 Å². The quantitative estimate of drug-likeness (QED) is 0.730. The van der Waals surface area contributed by atoms with Gasteiger partial charge in [0.05, 0.1) is 12.2 Å². The van der Waals surface area contributed by atoms with Crippen LogP contribution in [0.3, 0.4) is 0 Å². The largest absolute Gasteiger partial charge is 0.488 e. The summed E-state index contributed by atoms with van der Waals surface area (Å²) in [4.78, 5) is 0. The van der Waals surface area contributed by atoms with Crippen LogP contribution in [0.1, 0.15) is 20.3 Å². The fourth-order valence-corrected chi connectivity index (χ4v) is 1.44. The van der Waals surface area contributed by atoms with E-state index >= 15 is 0 Å². The average Bonchev–Trinajstić information content (AvgIpc) is 2.84. The Kier molecular flexibility index (Phi) is 2.73. The minimum Gasteiger partial charge on any atom is -0.488 e. The summed E-state index contributed by atoms with van der Waals surface area (Å²) >= 11 is 0. The maximum Gasteiger partial charge on any atom is 0.128 e. The lowest BCUT2D eigenvalue weighted by Crippen LogP contribution is -2.11. The molecule has 76 valence electrons. The smallest absolute Gasteiger partial charge is 0.128 e. The first kappa shape index (κ1) is 9.53. The molecule has 0 aromatic heterocycles. The van der Waals surface area contributed by atoms with Gasteiger partial charge in [0.1, 0.15) is 11.9 Å². The minimum atomic E-state index is 0.264. The molecule has 0 aliphatic heterocycles. The van der Waals surface area contributed by atoms with Crippen molar-refractivity contribution in [2.75, 3.05) is 0 Å². The summed E-state index contributed by atoms with van der Waals surface area (Å²) in [6, 6.07) is 9.91. The van der Waals surface area contributed by atoms with Gasteiger partial charge in [0.2, 0.25) is 0 Å². The first-order valence-electron chi connectivity index (χ1n) is 5.13. The number of rotatable bonds is 4. The summed E-state index contributed by atoms with van der Waals surface area (Å²) in [6.45, 7) is 4.11. The molecule has 1 fully saturated rings. The second-order valence-electron chi connectivity index (χ2n) is 3.93. The standard InChI is InChI=1S/C12H16O2/c1-9(2)13-11-8-12(11)14-10-6-4-3-5-7-10/h3-7,9,11-12H,8H2,1-2H3. The second kappa shape index (κ2) is 4.01. The van der Waals surface area contributed by atoms with Gasteiger partial charge in [0, 0.05) is 6.42 Å². The Morgan fingerprint density at radius 2 is 1.86 bits per heavy atom. The van der Waals surface area contributed by atoms with Crippen LogP contribution in [0.2, 0.25) is 0 Å². The van der Waals surface area contributed by atoms with Gasteiger partial charge >= 0.3 is 0 Å². The van der Waals surface area contributed by atoms with Crippen molar-refractivity contribution in [1.82, 2.24) is 0 Å². The molecule has 0 spiro atoms. The van der Waals surface area contributed by atoms with Gasteiger partial charge in [0.25, 0.3) is 0 Å². The summed E-state index contributed by atoms with van der Waals surface area (Å²) in [5, 5.41) is 0. The summed E-state index contributed by atoms with van der Waals surface area (Å²) in [7, 11) is 0. The van der Waals surface area contributed by atoms with Crippen molar-refractivity contribution in [1.29, 1.82) is 0 Å². The Bertz CT molecular complexity index is 282. The number of hydrogen-bond donors (Lipinski definition) is 0. The average molecular weight is 192 g/mol. The molecule has 1 aliphatic carbocycles. The number of hydrogen-bond acceptors (Lipinski definition) is 2.